The van der Waals surface area contributed by atoms with Crippen LogP contribution in [-0.4, -0.2) is 44.0 Å². The molecule has 1 unspecified atom stereocenters. The third-order valence-corrected chi connectivity index (χ3v) is 7.09. The van der Waals surface area contributed by atoms with Crippen molar-refractivity contribution in [1.82, 2.24) is 10.2 Å². The van der Waals surface area contributed by atoms with Gasteiger partial charge < -0.3 is 9.64 Å². The number of Topliss-reactive ketones (excluding diaryl/α,β-unsaturated/α-hetero) is 1. The van der Waals surface area contributed by atoms with Gasteiger partial charge in [0.15, 0.2) is 5.78 Å². The summed E-state index contributed by atoms with van der Waals surface area (Å²) in [6.45, 7) is 3.48. The van der Waals surface area contributed by atoms with E-state index in [1.54, 1.807) is 19.2 Å². The maximum Gasteiger partial charge on any atom is 0.163 e. The van der Waals surface area contributed by atoms with Crippen molar-refractivity contribution in [2.24, 2.45) is 0 Å². The van der Waals surface area contributed by atoms with Crippen molar-refractivity contribution in [3.63, 3.8) is 0 Å². The molecule has 1 N–H and O–H groups in total. The molecule has 1 saturated heterocycles. The predicted octanol–water partition coefficient (Wildman–Crippen LogP) is 5.06. The van der Waals surface area contributed by atoms with E-state index in [4.69, 9.17) is 27.9 Å². The van der Waals surface area contributed by atoms with Crippen molar-refractivity contribution < 1.29 is 9.53 Å². The molecule has 0 bridgehead atoms. The van der Waals surface area contributed by atoms with Crippen LogP contribution >= 0.6 is 35.6 Å². The Morgan fingerprint density at radius 3 is 2.61 bits per heavy atom. The predicted molar refractivity (Wildman–Crippen MR) is 129 cm³/mol. The summed E-state index contributed by atoms with van der Waals surface area (Å²) in [5.41, 5.74) is 2.30. The van der Waals surface area contributed by atoms with Crippen LogP contribution in [0.5, 0.6) is 5.75 Å². The van der Waals surface area contributed by atoms with Crippen LogP contribution in [0.2, 0.25) is 10.0 Å². The van der Waals surface area contributed by atoms with E-state index in [1.807, 2.05) is 18.2 Å². The molecule has 0 aromatic heterocycles. The van der Waals surface area contributed by atoms with Crippen LogP contribution in [0.25, 0.3) is 0 Å². The molecule has 0 radical (unpaired) electrons. The quantitative estimate of drug-likeness (QED) is 0.623. The average Bonchev–Trinajstić information content (AvgIpc) is 2.76. The molecule has 2 aliphatic rings. The van der Waals surface area contributed by atoms with E-state index in [-0.39, 0.29) is 18.2 Å². The van der Waals surface area contributed by atoms with Gasteiger partial charge in [-0.05, 0) is 61.7 Å². The highest BCUT2D eigenvalue weighted by atomic mass is 35.5. The average molecular weight is 484 g/mol. The van der Waals surface area contributed by atoms with Crippen molar-refractivity contribution in [3.05, 3.63) is 63.1 Å². The molecule has 0 amide bonds. The lowest BCUT2D eigenvalue weighted by Crippen LogP contribution is -2.60. The fourth-order valence-corrected chi connectivity index (χ4v) is 5.15. The Morgan fingerprint density at radius 1 is 1.13 bits per heavy atom. The zero-order chi connectivity index (χ0) is 21.1. The Bertz CT molecular complexity index is 931. The van der Waals surface area contributed by atoms with Crippen molar-refractivity contribution in [1.29, 1.82) is 0 Å². The number of rotatable bonds is 6. The second kappa shape index (κ2) is 10.5. The van der Waals surface area contributed by atoms with E-state index in [1.165, 1.54) is 19.3 Å². The first-order valence-electron chi connectivity index (χ1n) is 10.6. The van der Waals surface area contributed by atoms with E-state index < -0.39 is 5.54 Å². The lowest BCUT2D eigenvalue weighted by molar-refractivity contribution is -0.126. The Kier molecular flexibility index (Phi) is 8.28. The molecule has 2 aliphatic heterocycles. The number of halogens is 3. The number of fused-ring (bicyclic) bond motifs is 1. The number of likely N-dealkylation sites (tertiary alicyclic amines) is 1. The molecule has 7 heteroatoms. The van der Waals surface area contributed by atoms with Gasteiger partial charge >= 0.3 is 0 Å². The van der Waals surface area contributed by atoms with Gasteiger partial charge in [-0.15, -0.1) is 12.4 Å². The number of piperidine rings is 1. The van der Waals surface area contributed by atoms with E-state index in [2.05, 4.69) is 16.3 Å². The van der Waals surface area contributed by atoms with Gasteiger partial charge in [0, 0.05) is 25.1 Å². The molecule has 0 spiro atoms. The van der Waals surface area contributed by atoms with Crippen LogP contribution in [0.15, 0.2) is 36.4 Å². The molecule has 4 rings (SSSR count). The summed E-state index contributed by atoms with van der Waals surface area (Å²) in [5, 5.41) is 4.61. The Morgan fingerprint density at radius 2 is 1.90 bits per heavy atom. The molecule has 0 saturated carbocycles. The van der Waals surface area contributed by atoms with Gasteiger partial charge in [-0.3, -0.25) is 10.1 Å². The number of methoxy groups -OCH3 is 1. The Balaban J connectivity index is 0.00000272. The van der Waals surface area contributed by atoms with E-state index in [9.17, 15) is 4.79 Å². The third-order valence-electron chi connectivity index (χ3n) is 6.35. The zero-order valence-corrected chi connectivity index (χ0v) is 20.1. The number of nitrogens with zero attached hydrogens (tertiary/aromatic N) is 1. The van der Waals surface area contributed by atoms with Gasteiger partial charge in [0.1, 0.15) is 11.3 Å². The minimum atomic E-state index is -0.758. The van der Waals surface area contributed by atoms with E-state index >= 15 is 0 Å². The number of hydrogen-bond acceptors (Lipinski definition) is 4. The van der Waals surface area contributed by atoms with Crippen LogP contribution in [0, 0.1) is 0 Å². The summed E-state index contributed by atoms with van der Waals surface area (Å²) in [6.07, 6.45) is 4.78. The summed E-state index contributed by atoms with van der Waals surface area (Å²) < 4.78 is 5.64. The van der Waals surface area contributed by atoms with Crippen molar-refractivity contribution in [2.75, 3.05) is 33.3 Å². The zero-order valence-electron chi connectivity index (χ0n) is 17.8. The molecule has 2 aromatic carbocycles. The van der Waals surface area contributed by atoms with Crippen molar-refractivity contribution >= 4 is 41.4 Å². The fourth-order valence-electron chi connectivity index (χ4n) is 4.83. The molecule has 1 atom stereocenters. The first-order valence-corrected chi connectivity index (χ1v) is 11.4. The summed E-state index contributed by atoms with van der Waals surface area (Å²) in [5.74, 6) is 1.01. The topological polar surface area (TPSA) is 41.6 Å². The van der Waals surface area contributed by atoms with Gasteiger partial charge in [-0.2, -0.15) is 0 Å². The number of benzene rings is 2. The van der Waals surface area contributed by atoms with Gasteiger partial charge in [0.2, 0.25) is 0 Å². The maximum atomic E-state index is 13.9. The number of hydrogen-bond donors (Lipinski definition) is 1. The summed E-state index contributed by atoms with van der Waals surface area (Å²) in [4.78, 5) is 16.3. The number of carbonyl (C=O) groups is 1. The molecular formula is C24H29Cl3N2O2. The number of ether oxygens (including phenoxy) is 1. The van der Waals surface area contributed by atoms with Crippen LogP contribution in [0.1, 0.15) is 36.0 Å². The molecule has 2 heterocycles. The number of ketones is 1. The normalized spacial score (nSPS) is 21.1. The number of carbonyl (C=O) groups excluding carboxylic acids is 1. The minimum absolute atomic E-state index is 0. The summed E-state index contributed by atoms with van der Waals surface area (Å²) in [7, 11) is 1.70. The molecular weight excluding hydrogens is 455 g/mol. The van der Waals surface area contributed by atoms with Crippen LogP contribution in [0.4, 0.5) is 0 Å². The Hall–Kier alpha value is -1.30. The largest absolute Gasteiger partial charge is 0.496 e. The Labute approximate surface area is 200 Å². The minimum Gasteiger partial charge on any atom is -0.496 e. The third kappa shape index (κ3) is 5.04. The monoisotopic (exact) mass is 482 g/mol. The highest BCUT2D eigenvalue weighted by Crippen LogP contribution is 2.37. The van der Waals surface area contributed by atoms with E-state index in [0.29, 0.717) is 23.0 Å². The summed E-state index contributed by atoms with van der Waals surface area (Å²) >= 11 is 12.3. The highest BCUT2D eigenvalue weighted by molar-refractivity contribution is 6.42. The second-order valence-electron chi connectivity index (χ2n) is 8.25. The lowest BCUT2D eigenvalue weighted by Gasteiger charge is -2.43. The molecule has 4 nitrogen and oxygen atoms in total. The summed E-state index contributed by atoms with van der Waals surface area (Å²) in [6, 6.07) is 11.5. The van der Waals surface area contributed by atoms with Crippen LogP contribution < -0.4 is 10.1 Å². The van der Waals surface area contributed by atoms with Crippen LogP contribution in [-0.2, 0) is 23.2 Å². The van der Waals surface area contributed by atoms with Crippen molar-refractivity contribution in [2.45, 2.75) is 37.6 Å². The molecule has 168 valence electrons. The molecule has 0 aliphatic carbocycles. The highest BCUT2D eigenvalue weighted by Gasteiger charge is 2.44. The molecule has 2 aromatic rings. The van der Waals surface area contributed by atoms with Crippen molar-refractivity contribution in [3.8, 4) is 5.75 Å². The van der Waals surface area contributed by atoms with Gasteiger partial charge in [0.05, 0.1) is 17.2 Å². The second-order valence-corrected chi connectivity index (χ2v) is 9.07. The number of nitrogens with one attached hydrogen (secondary N) is 1. The van der Waals surface area contributed by atoms with Gasteiger partial charge in [-0.25, -0.2) is 0 Å². The maximum absolute atomic E-state index is 13.9. The standard InChI is InChI=1S/C24H28Cl2N2O2.ClH/c1-30-22-7-5-6-19-18(22)10-11-27-24(19,16-28-12-3-2-4-13-28)23(29)15-17-8-9-20(25)21(26)14-17;/h5-9,14,27H,2-4,10-13,15-16H2,1H3;1H. The SMILES string of the molecule is COc1cccc2c1CCNC2(CN1CCCCC1)C(=O)Cc1ccc(Cl)c(Cl)c1.Cl. The first-order chi connectivity index (χ1) is 14.5. The first kappa shape index (κ1) is 24.3. The molecule has 31 heavy (non-hydrogen) atoms. The van der Waals surface area contributed by atoms with Gasteiger partial charge in [-0.1, -0.05) is 47.8 Å². The van der Waals surface area contributed by atoms with Gasteiger partial charge in [0.25, 0.3) is 0 Å². The molecule has 1 fully saturated rings. The fraction of sp³-hybridized carbons (Fsp3) is 0.458. The lowest BCUT2D eigenvalue weighted by atomic mass is 9.76. The smallest absolute Gasteiger partial charge is 0.163 e. The van der Waals surface area contributed by atoms with Crippen LogP contribution in [0.3, 0.4) is 0 Å². The van der Waals surface area contributed by atoms with E-state index in [0.717, 1.165) is 48.5 Å².